The van der Waals surface area contributed by atoms with E-state index in [0.29, 0.717) is 0 Å². The molecule has 0 rings (SSSR count). The third-order valence-corrected chi connectivity index (χ3v) is 3.31. The van der Waals surface area contributed by atoms with Gasteiger partial charge in [-0.1, -0.05) is 26.2 Å². The van der Waals surface area contributed by atoms with E-state index in [2.05, 4.69) is 31.3 Å². The molecule has 0 unspecified atom stereocenters. The van der Waals surface area contributed by atoms with E-state index in [9.17, 15) is 0 Å². The first kappa shape index (κ1) is 12.7. The number of thiol groups is 1. The Bertz CT molecular complexity index is 64.2. The van der Waals surface area contributed by atoms with Crippen LogP contribution in [0.15, 0.2) is 0 Å². The van der Waals surface area contributed by atoms with Gasteiger partial charge in [-0.15, -0.1) is 0 Å². The molecule has 0 saturated carbocycles. The third-order valence-electron chi connectivity index (χ3n) is 1.84. The first-order chi connectivity index (χ1) is 5.91. The lowest BCUT2D eigenvalue weighted by Crippen LogP contribution is -1.85. The molecule has 0 aliphatic heterocycles. The van der Waals surface area contributed by atoms with E-state index in [1.165, 1.54) is 50.0 Å². The van der Waals surface area contributed by atoms with Crippen LogP contribution in [0.3, 0.4) is 0 Å². The molecule has 2 heteroatoms. The standard InChI is InChI=1S/C10H22S2/c1-2-3-9-12-10-7-5-4-6-8-11/h11H,2-10H2,1H3. The summed E-state index contributed by atoms with van der Waals surface area (Å²) >= 11 is 6.30. The largest absolute Gasteiger partial charge is 0.179 e. The molecule has 0 aromatic rings. The number of rotatable bonds is 9. The molecule has 0 aromatic carbocycles. The highest BCUT2D eigenvalue weighted by atomic mass is 32.2. The summed E-state index contributed by atoms with van der Waals surface area (Å²) in [6.07, 6.45) is 8.20. The second-order valence-electron chi connectivity index (χ2n) is 3.10. The number of hydrogen-bond acceptors (Lipinski definition) is 2. The highest BCUT2D eigenvalue weighted by Crippen LogP contribution is 2.09. The summed E-state index contributed by atoms with van der Waals surface area (Å²) in [7, 11) is 0. The van der Waals surface area contributed by atoms with Crippen molar-refractivity contribution in [3.8, 4) is 0 Å². The maximum absolute atomic E-state index is 4.19. The summed E-state index contributed by atoms with van der Waals surface area (Å²) in [5.74, 6) is 3.79. The lowest BCUT2D eigenvalue weighted by atomic mass is 10.2. The molecule has 0 radical (unpaired) electrons. The van der Waals surface area contributed by atoms with E-state index >= 15 is 0 Å². The summed E-state index contributed by atoms with van der Waals surface area (Å²) in [5, 5.41) is 0. The highest BCUT2D eigenvalue weighted by Gasteiger charge is 1.90. The molecular weight excluding hydrogens is 184 g/mol. The summed E-state index contributed by atoms with van der Waals surface area (Å²) in [5.41, 5.74) is 0. The van der Waals surface area contributed by atoms with Crippen molar-refractivity contribution in [1.29, 1.82) is 0 Å². The molecule has 0 spiro atoms. The van der Waals surface area contributed by atoms with Crippen molar-refractivity contribution >= 4 is 24.4 Å². The monoisotopic (exact) mass is 206 g/mol. The summed E-state index contributed by atoms with van der Waals surface area (Å²) < 4.78 is 0. The van der Waals surface area contributed by atoms with Crippen LogP contribution in [0.25, 0.3) is 0 Å². The van der Waals surface area contributed by atoms with E-state index in [-0.39, 0.29) is 0 Å². The molecule has 0 aromatic heterocycles. The van der Waals surface area contributed by atoms with Gasteiger partial charge in [0.2, 0.25) is 0 Å². The first-order valence-corrected chi connectivity index (χ1v) is 6.89. The fourth-order valence-corrected chi connectivity index (χ4v) is 2.35. The van der Waals surface area contributed by atoms with Crippen molar-refractivity contribution in [2.24, 2.45) is 0 Å². The van der Waals surface area contributed by atoms with Crippen molar-refractivity contribution in [2.75, 3.05) is 17.3 Å². The fourth-order valence-electron chi connectivity index (χ4n) is 1.02. The number of thioether (sulfide) groups is 1. The molecule has 0 aliphatic carbocycles. The Morgan fingerprint density at radius 1 is 0.917 bits per heavy atom. The molecule has 0 fully saturated rings. The second kappa shape index (κ2) is 11.7. The maximum atomic E-state index is 4.19. The van der Waals surface area contributed by atoms with E-state index < -0.39 is 0 Å². The van der Waals surface area contributed by atoms with Crippen LogP contribution in [-0.2, 0) is 0 Å². The molecule has 0 N–H and O–H groups in total. The van der Waals surface area contributed by atoms with Crippen LogP contribution < -0.4 is 0 Å². The minimum Gasteiger partial charge on any atom is -0.179 e. The Morgan fingerprint density at radius 3 is 2.25 bits per heavy atom. The fraction of sp³-hybridized carbons (Fsp3) is 1.00. The smallest absolute Gasteiger partial charge is 0.00675 e. The van der Waals surface area contributed by atoms with Gasteiger partial charge in [-0.25, -0.2) is 0 Å². The molecule has 0 atom stereocenters. The number of unbranched alkanes of at least 4 members (excludes halogenated alkanes) is 4. The summed E-state index contributed by atoms with van der Waals surface area (Å²) in [6, 6.07) is 0. The van der Waals surface area contributed by atoms with Crippen molar-refractivity contribution in [3.63, 3.8) is 0 Å². The van der Waals surface area contributed by atoms with Gasteiger partial charge in [-0.3, -0.25) is 0 Å². The molecule has 0 saturated heterocycles. The molecule has 0 aliphatic rings. The zero-order chi connectivity index (χ0) is 9.07. The zero-order valence-corrected chi connectivity index (χ0v) is 9.93. The molecule has 0 nitrogen and oxygen atoms in total. The van der Waals surface area contributed by atoms with Gasteiger partial charge in [0.1, 0.15) is 0 Å². The summed E-state index contributed by atoms with van der Waals surface area (Å²) in [6.45, 7) is 2.26. The normalized spacial score (nSPS) is 10.5. The van der Waals surface area contributed by atoms with Crippen molar-refractivity contribution in [1.82, 2.24) is 0 Å². The van der Waals surface area contributed by atoms with E-state index in [1.54, 1.807) is 0 Å². The first-order valence-electron chi connectivity index (χ1n) is 5.10. The minimum absolute atomic E-state index is 1.06. The van der Waals surface area contributed by atoms with Gasteiger partial charge in [0.25, 0.3) is 0 Å². The Morgan fingerprint density at radius 2 is 1.58 bits per heavy atom. The second-order valence-corrected chi connectivity index (χ2v) is 4.78. The quantitative estimate of drug-likeness (QED) is 0.439. The SMILES string of the molecule is CCCCSCCCCCCS. The topological polar surface area (TPSA) is 0 Å². The van der Waals surface area contributed by atoms with Gasteiger partial charge < -0.3 is 0 Å². The van der Waals surface area contributed by atoms with Crippen molar-refractivity contribution in [2.45, 2.75) is 45.4 Å². The average molecular weight is 206 g/mol. The van der Waals surface area contributed by atoms with Crippen molar-refractivity contribution in [3.05, 3.63) is 0 Å². The number of hydrogen-bond donors (Lipinski definition) is 1. The Hall–Kier alpha value is 0.700. The van der Waals surface area contributed by atoms with E-state index in [0.717, 1.165) is 5.75 Å². The van der Waals surface area contributed by atoms with Crippen LogP contribution in [0.5, 0.6) is 0 Å². The van der Waals surface area contributed by atoms with Crippen LogP contribution in [0.2, 0.25) is 0 Å². The zero-order valence-electron chi connectivity index (χ0n) is 8.22. The lowest BCUT2D eigenvalue weighted by Gasteiger charge is -2.00. The van der Waals surface area contributed by atoms with Crippen LogP contribution in [0, 0.1) is 0 Å². The Labute approximate surface area is 87.3 Å². The van der Waals surface area contributed by atoms with Gasteiger partial charge in [-0.05, 0) is 36.5 Å². The molecule has 0 heterocycles. The molecule has 74 valence electrons. The Balaban J connectivity index is 2.73. The lowest BCUT2D eigenvalue weighted by molar-refractivity contribution is 0.711. The molecular formula is C10H22S2. The van der Waals surface area contributed by atoms with Crippen LogP contribution in [0.1, 0.15) is 45.4 Å². The van der Waals surface area contributed by atoms with E-state index in [4.69, 9.17) is 0 Å². The van der Waals surface area contributed by atoms with Gasteiger partial charge in [0.05, 0.1) is 0 Å². The molecule has 0 bridgehead atoms. The predicted molar refractivity (Wildman–Crippen MR) is 64.6 cm³/mol. The maximum Gasteiger partial charge on any atom is -0.00675 e. The molecule has 12 heavy (non-hydrogen) atoms. The van der Waals surface area contributed by atoms with Crippen LogP contribution in [-0.4, -0.2) is 17.3 Å². The van der Waals surface area contributed by atoms with Gasteiger partial charge in [0, 0.05) is 0 Å². The van der Waals surface area contributed by atoms with Crippen LogP contribution >= 0.6 is 24.4 Å². The minimum atomic E-state index is 1.06. The summed E-state index contributed by atoms with van der Waals surface area (Å²) in [4.78, 5) is 0. The van der Waals surface area contributed by atoms with Gasteiger partial charge >= 0.3 is 0 Å². The molecule has 0 amide bonds. The van der Waals surface area contributed by atoms with Gasteiger partial charge in [0.15, 0.2) is 0 Å². The average Bonchev–Trinajstić information content (AvgIpc) is 2.10. The van der Waals surface area contributed by atoms with Crippen molar-refractivity contribution < 1.29 is 0 Å². The predicted octanol–water partition coefficient (Wildman–Crippen LogP) is 4.01. The van der Waals surface area contributed by atoms with Crippen LogP contribution in [0.4, 0.5) is 0 Å². The highest BCUT2D eigenvalue weighted by molar-refractivity contribution is 7.99. The van der Waals surface area contributed by atoms with Gasteiger partial charge in [-0.2, -0.15) is 24.4 Å². The third kappa shape index (κ3) is 10.7. The van der Waals surface area contributed by atoms with E-state index in [1.807, 2.05) is 0 Å². The Kier molecular flexibility index (Phi) is 12.4.